The molecule has 1 heterocycles. The highest BCUT2D eigenvalue weighted by Gasteiger charge is 2.73. The molecule has 1 atom stereocenters. The van der Waals surface area contributed by atoms with Crippen molar-refractivity contribution in [2.75, 3.05) is 13.2 Å². The first kappa shape index (κ1) is 20.5. The van der Waals surface area contributed by atoms with Crippen LogP contribution in [0.15, 0.2) is 0 Å². The molecule has 0 amide bonds. The van der Waals surface area contributed by atoms with Crippen LogP contribution in [0.2, 0.25) is 0 Å². The van der Waals surface area contributed by atoms with Crippen LogP contribution in [0.4, 0.5) is 30.7 Å². The molecule has 1 unspecified atom stereocenters. The Morgan fingerprint density at radius 3 is 2.33 bits per heavy atom. The van der Waals surface area contributed by atoms with Crippen molar-refractivity contribution in [3.8, 4) is 0 Å². The summed E-state index contributed by atoms with van der Waals surface area (Å²) in [5, 5.41) is 0. The highest BCUT2D eigenvalue weighted by molar-refractivity contribution is 5.74. The van der Waals surface area contributed by atoms with Gasteiger partial charge in [0.25, 0.3) is 0 Å². The number of cyclic esters (lactones) is 1. The van der Waals surface area contributed by atoms with E-state index in [4.69, 9.17) is 4.74 Å². The lowest BCUT2D eigenvalue weighted by atomic mass is 9.98. The van der Waals surface area contributed by atoms with Gasteiger partial charge in [0.2, 0.25) is 0 Å². The van der Waals surface area contributed by atoms with Gasteiger partial charge < -0.3 is 9.47 Å². The molecular weight excluding hydrogens is 353 g/mol. The predicted octanol–water partition coefficient (Wildman–Crippen LogP) is 3.49. The number of hydrogen-bond acceptors (Lipinski definition) is 4. The molecule has 1 fully saturated rings. The van der Waals surface area contributed by atoms with Gasteiger partial charge in [0.15, 0.2) is 6.61 Å². The van der Waals surface area contributed by atoms with E-state index in [-0.39, 0.29) is 13.0 Å². The summed E-state index contributed by atoms with van der Waals surface area (Å²) in [6.45, 7) is -2.19. The second-order valence-electron chi connectivity index (χ2n) is 5.34. The van der Waals surface area contributed by atoms with Crippen molar-refractivity contribution in [1.29, 1.82) is 0 Å². The second-order valence-corrected chi connectivity index (χ2v) is 5.34. The molecule has 1 aliphatic heterocycles. The zero-order valence-electron chi connectivity index (χ0n) is 12.3. The van der Waals surface area contributed by atoms with Crippen molar-refractivity contribution in [3.05, 3.63) is 0 Å². The minimum atomic E-state index is -6.48. The van der Waals surface area contributed by atoms with E-state index < -0.39 is 48.9 Å². The molecule has 0 saturated carbocycles. The Morgan fingerprint density at radius 1 is 1.12 bits per heavy atom. The third-order valence-electron chi connectivity index (χ3n) is 3.45. The van der Waals surface area contributed by atoms with E-state index in [1.165, 1.54) is 0 Å². The third-order valence-corrected chi connectivity index (χ3v) is 3.45. The average Bonchev–Trinajstić information content (AvgIpc) is 2.66. The molecule has 0 N–H and O–H groups in total. The van der Waals surface area contributed by atoms with Gasteiger partial charge in [-0.3, -0.25) is 9.59 Å². The summed E-state index contributed by atoms with van der Waals surface area (Å²) in [4.78, 5) is 22.7. The monoisotopic (exact) mass is 368 g/mol. The van der Waals surface area contributed by atoms with E-state index in [2.05, 4.69) is 4.74 Å². The zero-order valence-corrected chi connectivity index (χ0v) is 12.3. The number of esters is 2. The van der Waals surface area contributed by atoms with Gasteiger partial charge in [0, 0.05) is 6.42 Å². The molecule has 0 radical (unpaired) electrons. The second kappa shape index (κ2) is 7.56. The van der Waals surface area contributed by atoms with Crippen LogP contribution in [0.25, 0.3) is 0 Å². The van der Waals surface area contributed by atoms with Crippen LogP contribution in [-0.2, 0) is 19.1 Å². The number of carbonyl (C=O) groups is 2. The molecule has 4 nitrogen and oxygen atoms in total. The quantitative estimate of drug-likeness (QED) is 0.532. The lowest BCUT2D eigenvalue weighted by molar-refractivity contribution is -0.359. The molecule has 140 valence electrons. The summed E-state index contributed by atoms with van der Waals surface area (Å²) in [5.74, 6) is -14.6. The Balaban J connectivity index is 2.49. The number of carbonyl (C=O) groups excluding carboxylic acids is 2. The SMILES string of the molecule is O=C(CCC1CCCCOC1=O)OCC(F)(F)C(F)(F)C(F)(F)F. The van der Waals surface area contributed by atoms with Crippen LogP contribution in [0.5, 0.6) is 0 Å². The van der Waals surface area contributed by atoms with Crippen molar-refractivity contribution < 1.29 is 49.8 Å². The summed E-state index contributed by atoms with van der Waals surface area (Å²) >= 11 is 0. The largest absolute Gasteiger partial charge is 0.465 e. The van der Waals surface area contributed by atoms with Gasteiger partial charge in [-0.1, -0.05) is 0 Å². The van der Waals surface area contributed by atoms with E-state index >= 15 is 0 Å². The minimum Gasteiger partial charge on any atom is -0.465 e. The highest BCUT2D eigenvalue weighted by atomic mass is 19.4. The van der Waals surface area contributed by atoms with Crippen molar-refractivity contribution >= 4 is 11.9 Å². The first-order valence-corrected chi connectivity index (χ1v) is 7.03. The molecule has 0 aliphatic carbocycles. The lowest BCUT2D eigenvalue weighted by Crippen LogP contribution is -2.54. The van der Waals surface area contributed by atoms with E-state index in [0.717, 1.165) is 0 Å². The fourth-order valence-corrected chi connectivity index (χ4v) is 2.00. The van der Waals surface area contributed by atoms with Gasteiger partial charge in [-0.25, -0.2) is 0 Å². The van der Waals surface area contributed by atoms with Gasteiger partial charge >= 0.3 is 30.0 Å². The molecule has 11 heteroatoms. The van der Waals surface area contributed by atoms with Crippen LogP contribution in [0.3, 0.4) is 0 Å². The molecule has 0 aromatic carbocycles. The molecule has 1 aliphatic rings. The van der Waals surface area contributed by atoms with Gasteiger partial charge in [-0.05, 0) is 25.7 Å². The molecule has 0 aromatic rings. The van der Waals surface area contributed by atoms with Gasteiger partial charge in [0.1, 0.15) is 0 Å². The Hall–Kier alpha value is -1.55. The number of alkyl halides is 7. The molecule has 0 bridgehead atoms. The normalized spacial score (nSPS) is 20.3. The lowest BCUT2D eigenvalue weighted by Gasteiger charge is -2.27. The number of hydrogen-bond donors (Lipinski definition) is 0. The Kier molecular flexibility index (Phi) is 6.45. The van der Waals surface area contributed by atoms with Crippen LogP contribution < -0.4 is 0 Å². The Labute approximate surface area is 132 Å². The number of rotatable bonds is 6. The molecule has 1 saturated heterocycles. The van der Waals surface area contributed by atoms with Crippen molar-refractivity contribution in [2.24, 2.45) is 5.92 Å². The molecule has 1 rings (SSSR count). The molecule has 0 aromatic heterocycles. The third kappa shape index (κ3) is 4.97. The van der Waals surface area contributed by atoms with Gasteiger partial charge in [-0.2, -0.15) is 30.7 Å². The average molecular weight is 368 g/mol. The summed E-state index contributed by atoms with van der Waals surface area (Å²) in [6.07, 6.45) is -5.51. The van der Waals surface area contributed by atoms with E-state index in [1.54, 1.807) is 0 Å². The fraction of sp³-hybridized carbons (Fsp3) is 0.846. The van der Waals surface area contributed by atoms with Crippen molar-refractivity contribution in [3.63, 3.8) is 0 Å². The molecular formula is C13H15F7O4. The van der Waals surface area contributed by atoms with Gasteiger partial charge in [0.05, 0.1) is 12.5 Å². The van der Waals surface area contributed by atoms with Crippen LogP contribution in [-0.4, -0.2) is 43.2 Å². The maximum atomic E-state index is 12.9. The molecule has 24 heavy (non-hydrogen) atoms. The summed E-state index contributed by atoms with van der Waals surface area (Å²) in [6, 6.07) is 0. The van der Waals surface area contributed by atoms with E-state index in [1.807, 2.05) is 0 Å². The van der Waals surface area contributed by atoms with Crippen molar-refractivity contribution in [1.82, 2.24) is 0 Å². The first-order valence-electron chi connectivity index (χ1n) is 7.03. The smallest absolute Gasteiger partial charge is 0.460 e. The predicted molar refractivity (Wildman–Crippen MR) is 64.4 cm³/mol. The maximum absolute atomic E-state index is 12.9. The van der Waals surface area contributed by atoms with E-state index in [0.29, 0.717) is 19.3 Å². The first-order chi connectivity index (χ1) is 10.9. The van der Waals surface area contributed by atoms with Crippen LogP contribution in [0, 0.1) is 5.92 Å². The minimum absolute atomic E-state index is 0.126. The Morgan fingerprint density at radius 2 is 1.75 bits per heavy atom. The van der Waals surface area contributed by atoms with Crippen LogP contribution in [0.1, 0.15) is 32.1 Å². The Bertz CT molecular complexity index is 462. The summed E-state index contributed by atoms with van der Waals surface area (Å²) < 4.78 is 95.4. The summed E-state index contributed by atoms with van der Waals surface area (Å²) in [5.41, 5.74) is 0. The van der Waals surface area contributed by atoms with Crippen LogP contribution >= 0.6 is 0 Å². The van der Waals surface area contributed by atoms with E-state index in [9.17, 15) is 40.3 Å². The highest BCUT2D eigenvalue weighted by Crippen LogP contribution is 2.46. The number of ether oxygens (including phenoxy) is 2. The fourth-order valence-electron chi connectivity index (χ4n) is 2.00. The summed E-state index contributed by atoms with van der Waals surface area (Å²) in [7, 11) is 0. The zero-order chi connectivity index (χ0) is 18.6. The topological polar surface area (TPSA) is 52.6 Å². The maximum Gasteiger partial charge on any atom is 0.460 e. The standard InChI is InChI=1S/C13H15F7O4/c14-11(15,12(16,17)13(18,19)20)7-24-9(21)5-4-8-3-1-2-6-23-10(8)22/h8H,1-7H2. The molecule has 0 spiro atoms. The number of halogens is 7. The van der Waals surface area contributed by atoms with Crippen molar-refractivity contribution in [2.45, 2.75) is 50.1 Å². The van der Waals surface area contributed by atoms with Gasteiger partial charge in [-0.15, -0.1) is 0 Å².